The summed E-state index contributed by atoms with van der Waals surface area (Å²) >= 11 is 9.20. The van der Waals surface area contributed by atoms with Crippen molar-refractivity contribution in [3.8, 4) is 5.75 Å². The average Bonchev–Trinajstić information content (AvgIpc) is 2.59. The maximum Gasteiger partial charge on any atom is 0.294 e. The molecule has 0 unspecified atom stereocenters. The van der Waals surface area contributed by atoms with Crippen LogP contribution >= 0.6 is 27.5 Å². The van der Waals surface area contributed by atoms with E-state index < -0.39 is 5.82 Å². The smallest absolute Gasteiger partial charge is 0.294 e. The first-order valence-electron chi connectivity index (χ1n) is 7.53. The number of fused-ring (bicyclic) bond motifs is 1. The number of nitrogens with zero attached hydrogens (tertiary/aromatic N) is 2. The zero-order valence-electron chi connectivity index (χ0n) is 13.6. The maximum atomic E-state index is 13.3. The van der Waals surface area contributed by atoms with Gasteiger partial charge in [-0.1, -0.05) is 17.7 Å². The van der Waals surface area contributed by atoms with Crippen LogP contribution in [0.15, 0.2) is 27.6 Å². The molecule has 132 valence electrons. The number of rotatable bonds is 3. The van der Waals surface area contributed by atoms with Crippen LogP contribution in [0.1, 0.15) is 21.5 Å². The molecule has 8 heteroatoms. The van der Waals surface area contributed by atoms with Crippen molar-refractivity contribution in [3.05, 3.63) is 60.7 Å². The molecule has 0 radical (unpaired) electrons. The summed E-state index contributed by atoms with van der Waals surface area (Å²) in [6, 6.07) is 4.35. The van der Waals surface area contributed by atoms with Gasteiger partial charge in [-0.25, -0.2) is 4.39 Å². The van der Waals surface area contributed by atoms with Crippen molar-refractivity contribution in [1.82, 2.24) is 9.47 Å². The predicted octanol–water partition coefficient (Wildman–Crippen LogP) is 3.15. The van der Waals surface area contributed by atoms with Crippen LogP contribution in [-0.4, -0.2) is 29.0 Å². The van der Waals surface area contributed by atoms with Crippen LogP contribution < -0.4 is 10.3 Å². The Kier molecular flexibility index (Phi) is 4.88. The van der Waals surface area contributed by atoms with Crippen LogP contribution in [0.25, 0.3) is 0 Å². The molecule has 0 atom stereocenters. The van der Waals surface area contributed by atoms with E-state index in [1.807, 2.05) is 0 Å². The van der Waals surface area contributed by atoms with Crippen molar-refractivity contribution < 1.29 is 13.9 Å². The van der Waals surface area contributed by atoms with Gasteiger partial charge in [0, 0.05) is 25.7 Å². The number of hydrogen-bond donors (Lipinski definition) is 0. The molecule has 1 aromatic carbocycles. The van der Waals surface area contributed by atoms with E-state index in [9.17, 15) is 14.0 Å². The summed E-state index contributed by atoms with van der Waals surface area (Å²) in [5.41, 5.74) is 1.35. The lowest BCUT2D eigenvalue weighted by molar-refractivity contribution is 0.0721. The number of methoxy groups -OCH3 is 1. The van der Waals surface area contributed by atoms with Crippen LogP contribution in [-0.2, 0) is 20.0 Å². The van der Waals surface area contributed by atoms with Gasteiger partial charge in [0.05, 0.1) is 22.3 Å². The molecule has 0 fully saturated rings. The van der Waals surface area contributed by atoms with Gasteiger partial charge in [-0.15, -0.1) is 0 Å². The zero-order chi connectivity index (χ0) is 18.3. The molecule has 0 aliphatic carbocycles. The highest BCUT2D eigenvalue weighted by Crippen LogP contribution is 2.31. The normalized spacial score (nSPS) is 13.8. The van der Waals surface area contributed by atoms with Gasteiger partial charge in [-0.2, -0.15) is 0 Å². The van der Waals surface area contributed by atoms with Gasteiger partial charge in [0.1, 0.15) is 5.82 Å². The van der Waals surface area contributed by atoms with Crippen molar-refractivity contribution in [2.24, 2.45) is 7.05 Å². The highest BCUT2D eigenvalue weighted by molar-refractivity contribution is 9.10. The molecule has 3 rings (SSSR count). The highest BCUT2D eigenvalue weighted by Gasteiger charge is 2.32. The topological polar surface area (TPSA) is 51.5 Å². The number of carbonyl (C=O) groups excluding carboxylic acids is 1. The second-order valence-electron chi connectivity index (χ2n) is 5.77. The molecule has 0 N–H and O–H groups in total. The van der Waals surface area contributed by atoms with E-state index in [2.05, 4.69) is 15.9 Å². The van der Waals surface area contributed by atoms with E-state index in [1.165, 1.54) is 23.8 Å². The van der Waals surface area contributed by atoms with Gasteiger partial charge >= 0.3 is 0 Å². The second-order valence-corrected chi connectivity index (χ2v) is 6.93. The number of ether oxygens (including phenoxy) is 1. The first kappa shape index (κ1) is 17.9. The molecule has 1 aromatic heterocycles. The molecule has 25 heavy (non-hydrogen) atoms. The molecule has 1 aliphatic rings. The van der Waals surface area contributed by atoms with Crippen LogP contribution in [0.3, 0.4) is 0 Å². The van der Waals surface area contributed by atoms with Crippen molar-refractivity contribution in [1.29, 1.82) is 0 Å². The summed E-state index contributed by atoms with van der Waals surface area (Å²) < 4.78 is 20.5. The molecule has 1 amide bonds. The number of benzene rings is 1. The van der Waals surface area contributed by atoms with Crippen LogP contribution in [0, 0.1) is 5.82 Å². The average molecular weight is 430 g/mol. The zero-order valence-corrected chi connectivity index (χ0v) is 15.9. The number of hydrogen-bond acceptors (Lipinski definition) is 3. The molecule has 1 aliphatic heterocycles. The molecule has 2 heterocycles. The maximum absolute atomic E-state index is 13.3. The Hall–Kier alpha value is -1.86. The minimum absolute atomic E-state index is 0.0107. The Morgan fingerprint density at radius 2 is 2.08 bits per heavy atom. The summed E-state index contributed by atoms with van der Waals surface area (Å²) in [4.78, 5) is 26.9. The molecule has 5 nitrogen and oxygen atoms in total. The van der Waals surface area contributed by atoms with Gasteiger partial charge in [-0.3, -0.25) is 9.59 Å². The molecule has 0 spiro atoms. The Labute approximate surface area is 157 Å². The Bertz CT molecular complexity index is 929. The number of halogens is 3. The van der Waals surface area contributed by atoms with Crippen LogP contribution in [0.4, 0.5) is 4.39 Å². The van der Waals surface area contributed by atoms with Crippen molar-refractivity contribution >= 4 is 33.4 Å². The minimum atomic E-state index is -0.505. The minimum Gasteiger partial charge on any atom is -0.490 e. The lowest BCUT2D eigenvalue weighted by Crippen LogP contribution is -2.40. The number of amides is 1. The van der Waals surface area contributed by atoms with Crippen molar-refractivity contribution in [2.75, 3.05) is 13.7 Å². The van der Waals surface area contributed by atoms with Crippen molar-refractivity contribution in [2.45, 2.75) is 13.0 Å². The quantitative estimate of drug-likeness (QED) is 0.705. The van der Waals surface area contributed by atoms with E-state index in [0.29, 0.717) is 23.1 Å². The highest BCUT2D eigenvalue weighted by atomic mass is 79.9. The van der Waals surface area contributed by atoms with E-state index >= 15 is 0 Å². The van der Waals surface area contributed by atoms with Gasteiger partial charge in [0.25, 0.3) is 11.5 Å². The number of carbonyl (C=O) groups is 1. The third-order valence-corrected chi connectivity index (χ3v) is 5.57. The van der Waals surface area contributed by atoms with Crippen molar-refractivity contribution in [3.63, 3.8) is 0 Å². The first-order chi connectivity index (χ1) is 11.8. The molecule has 0 bridgehead atoms. The fourth-order valence-corrected chi connectivity index (χ4v) is 3.71. The number of aromatic nitrogens is 1. The molecule has 2 aromatic rings. The van der Waals surface area contributed by atoms with Gasteiger partial charge in [0.2, 0.25) is 0 Å². The number of pyridine rings is 1. The molecule has 0 saturated carbocycles. The van der Waals surface area contributed by atoms with E-state index in [4.69, 9.17) is 16.3 Å². The Morgan fingerprint density at radius 3 is 2.72 bits per heavy atom. The van der Waals surface area contributed by atoms with Crippen LogP contribution in [0.5, 0.6) is 5.75 Å². The summed E-state index contributed by atoms with van der Waals surface area (Å²) in [5.74, 6) is -0.765. The van der Waals surface area contributed by atoms with E-state index in [-0.39, 0.29) is 34.3 Å². The van der Waals surface area contributed by atoms with E-state index in [0.717, 1.165) is 5.56 Å². The fraction of sp³-hybridized carbons (Fsp3) is 0.294. The molecular formula is C17H15BrClFN2O3. The SMILES string of the molecule is COc1c2c(c(Br)n(C)c1=O)CCN(Cc1ccc(F)c(Cl)c1)C2=O. The van der Waals surface area contributed by atoms with E-state index in [1.54, 1.807) is 18.0 Å². The fourth-order valence-electron chi connectivity index (χ4n) is 2.95. The molecular weight excluding hydrogens is 415 g/mol. The summed E-state index contributed by atoms with van der Waals surface area (Å²) in [6.07, 6.45) is 0.570. The summed E-state index contributed by atoms with van der Waals surface area (Å²) in [5, 5.41) is 0.0107. The van der Waals surface area contributed by atoms with Gasteiger partial charge < -0.3 is 14.2 Å². The standard InChI is InChI=1S/C17H15BrClFN2O3/c1-21-15(18)10-5-6-22(8-9-3-4-12(20)11(19)7-9)16(23)13(10)14(25-2)17(21)24/h3-4,7H,5-6,8H2,1-2H3. The summed E-state index contributed by atoms with van der Waals surface area (Å²) in [7, 11) is 2.99. The second kappa shape index (κ2) is 6.80. The third-order valence-electron chi connectivity index (χ3n) is 4.27. The van der Waals surface area contributed by atoms with Gasteiger partial charge in [-0.05, 0) is 40.0 Å². The molecule has 0 saturated heterocycles. The predicted molar refractivity (Wildman–Crippen MR) is 95.8 cm³/mol. The first-order valence-corrected chi connectivity index (χ1v) is 8.70. The Balaban J connectivity index is 2.01. The lowest BCUT2D eigenvalue weighted by Gasteiger charge is -2.30. The Morgan fingerprint density at radius 1 is 1.36 bits per heavy atom. The largest absolute Gasteiger partial charge is 0.490 e. The van der Waals surface area contributed by atoms with Gasteiger partial charge in [0.15, 0.2) is 5.75 Å². The third kappa shape index (κ3) is 3.06. The monoisotopic (exact) mass is 428 g/mol. The lowest BCUT2D eigenvalue weighted by atomic mass is 9.99. The van der Waals surface area contributed by atoms with Crippen LogP contribution in [0.2, 0.25) is 5.02 Å². The summed E-state index contributed by atoms with van der Waals surface area (Å²) in [6.45, 7) is 0.745.